The van der Waals surface area contributed by atoms with Crippen molar-refractivity contribution >= 4 is 21.7 Å². The molecule has 0 aliphatic rings. The fourth-order valence-electron chi connectivity index (χ4n) is 2.71. The highest BCUT2D eigenvalue weighted by Gasteiger charge is 2.29. The van der Waals surface area contributed by atoms with E-state index in [1.165, 1.54) is 0 Å². The summed E-state index contributed by atoms with van der Waals surface area (Å²) in [6, 6.07) is 6.49. The van der Waals surface area contributed by atoms with Gasteiger partial charge in [0.05, 0.1) is 11.7 Å². The molecule has 2 atom stereocenters. The Morgan fingerprint density at radius 1 is 1.19 bits per heavy atom. The lowest BCUT2D eigenvalue weighted by atomic mass is 9.96. The van der Waals surface area contributed by atoms with E-state index >= 15 is 0 Å². The first-order valence-corrected chi connectivity index (χ1v) is 10.8. The van der Waals surface area contributed by atoms with Crippen LogP contribution in [0.15, 0.2) is 24.3 Å². The molecular weight excluding hydrogens is 354 g/mol. The Morgan fingerprint density at radius 2 is 1.85 bits per heavy atom. The van der Waals surface area contributed by atoms with E-state index in [1.807, 2.05) is 38.1 Å². The molecule has 0 aliphatic carbocycles. The lowest BCUT2D eigenvalue weighted by Crippen LogP contribution is -2.45. The molecular formula is C19H29NO5S. The fourth-order valence-corrected chi connectivity index (χ4v) is 3.83. The number of rotatable bonds is 11. The second-order valence-corrected chi connectivity index (χ2v) is 8.97. The monoisotopic (exact) mass is 383 g/mol. The zero-order valence-electron chi connectivity index (χ0n) is 15.7. The second-order valence-electron chi connectivity index (χ2n) is 6.57. The van der Waals surface area contributed by atoms with Gasteiger partial charge >= 0.3 is 5.97 Å². The molecule has 0 aromatic heterocycles. The summed E-state index contributed by atoms with van der Waals surface area (Å²) in [5, 5.41) is 11.8. The first-order chi connectivity index (χ1) is 12.2. The molecule has 0 spiro atoms. The van der Waals surface area contributed by atoms with Crippen molar-refractivity contribution in [2.75, 3.05) is 11.5 Å². The maximum Gasteiger partial charge on any atom is 0.326 e. The van der Waals surface area contributed by atoms with Gasteiger partial charge in [0.15, 0.2) is 9.84 Å². The highest BCUT2D eigenvalue weighted by molar-refractivity contribution is 7.91. The minimum atomic E-state index is -3.38. The molecule has 0 radical (unpaired) electrons. The third-order valence-corrected chi connectivity index (χ3v) is 6.24. The molecule has 0 heterocycles. The van der Waals surface area contributed by atoms with Gasteiger partial charge in [-0.15, -0.1) is 0 Å². The van der Waals surface area contributed by atoms with Crippen LogP contribution < -0.4 is 5.32 Å². The minimum Gasteiger partial charge on any atom is -0.480 e. The van der Waals surface area contributed by atoms with Crippen molar-refractivity contribution in [3.8, 4) is 0 Å². The zero-order valence-corrected chi connectivity index (χ0v) is 16.5. The van der Waals surface area contributed by atoms with Gasteiger partial charge in [-0.3, -0.25) is 4.79 Å². The Balaban J connectivity index is 3.00. The number of carbonyl (C=O) groups excluding carboxylic acids is 1. The van der Waals surface area contributed by atoms with Gasteiger partial charge in [-0.05, 0) is 30.9 Å². The predicted molar refractivity (Wildman–Crippen MR) is 102 cm³/mol. The highest BCUT2D eigenvalue weighted by atomic mass is 32.2. The molecule has 1 aromatic carbocycles. The maximum atomic E-state index is 12.7. The molecule has 0 saturated heterocycles. The van der Waals surface area contributed by atoms with Gasteiger partial charge in [-0.1, -0.05) is 51.0 Å². The number of carboxylic acid groups (broad SMARTS) is 1. The van der Waals surface area contributed by atoms with Crippen LogP contribution in [0.4, 0.5) is 0 Å². The Kier molecular flexibility index (Phi) is 8.78. The normalized spacial score (nSPS) is 13.8. The highest BCUT2D eigenvalue weighted by Crippen LogP contribution is 2.16. The number of unbranched alkanes of at least 4 members (excludes halogenated alkanes) is 1. The smallest absolute Gasteiger partial charge is 0.326 e. The van der Waals surface area contributed by atoms with Crippen LogP contribution in [0.2, 0.25) is 0 Å². The molecule has 7 heteroatoms. The first kappa shape index (κ1) is 22.2. The maximum absolute atomic E-state index is 12.7. The number of carboxylic acids is 1. The van der Waals surface area contributed by atoms with Crippen LogP contribution in [0.1, 0.15) is 44.2 Å². The molecule has 2 N–H and O–H groups in total. The van der Waals surface area contributed by atoms with Crippen LogP contribution in [-0.2, 0) is 25.8 Å². The summed E-state index contributed by atoms with van der Waals surface area (Å²) in [6.45, 7) is 5.38. The van der Waals surface area contributed by atoms with Gasteiger partial charge in [0.25, 0.3) is 0 Å². The molecule has 26 heavy (non-hydrogen) atoms. The van der Waals surface area contributed by atoms with Crippen molar-refractivity contribution in [2.45, 2.75) is 52.5 Å². The van der Waals surface area contributed by atoms with Crippen LogP contribution in [0.25, 0.3) is 0 Å². The summed E-state index contributed by atoms with van der Waals surface area (Å²) >= 11 is 0. The van der Waals surface area contributed by atoms with E-state index in [-0.39, 0.29) is 17.9 Å². The van der Waals surface area contributed by atoms with Gasteiger partial charge in [0.2, 0.25) is 5.91 Å². The molecule has 0 fully saturated rings. The SMILES string of the molecule is CCCC[C@H](NC(=O)[C@@H](Cc1ccccc1C)CS(=O)(=O)CC)C(=O)O. The molecule has 0 unspecified atom stereocenters. The number of amides is 1. The van der Waals surface area contributed by atoms with Gasteiger partial charge in [0.1, 0.15) is 6.04 Å². The Morgan fingerprint density at radius 3 is 2.38 bits per heavy atom. The van der Waals surface area contributed by atoms with Crippen molar-refractivity contribution in [1.29, 1.82) is 0 Å². The van der Waals surface area contributed by atoms with Gasteiger partial charge in [-0.25, -0.2) is 13.2 Å². The summed E-state index contributed by atoms with van der Waals surface area (Å²) in [7, 11) is -3.38. The van der Waals surface area contributed by atoms with Crippen molar-refractivity contribution < 1.29 is 23.1 Å². The lowest BCUT2D eigenvalue weighted by Gasteiger charge is -2.21. The van der Waals surface area contributed by atoms with E-state index < -0.39 is 33.7 Å². The molecule has 1 aromatic rings. The molecule has 0 saturated carbocycles. The quantitative estimate of drug-likeness (QED) is 0.611. The molecule has 6 nitrogen and oxygen atoms in total. The largest absolute Gasteiger partial charge is 0.480 e. The second kappa shape index (κ2) is 10.3. The predicted octanol–water partition coefficient (Wildman–Crippen LogP) is 2.35. The van der Waals surface area contributed by atoms with Crippen LogP contribution >= 0.6 is 0 Å². The standard InChI is InChI=1S/C19H29NO5S/c1-4-6-11-17(19(22)23)20-18(21)16(13-26(24,25)5-2)12-15-10-8-7-9-14(15)3/h7-10,16-17H,4-6,11-13H2,1-3H3,(H,20,21)(H,22,23)/t16-,17-/m0/s1. The van der Waals surface area contributed by atoms with Crippen LogP contribution in [0, 0.1) is 12.8 Å². The Labute approximate surface area is 155 Å². The first-order valence-electron chi connectivity index (χ1n) is 8.98. The number of aliphatic carboxylic acids is 1. The number of aryl methyl sites for hydroxylation is 1. The summed E-state index contributed by atoms with van der Waals surface area (Å²) in [4.78, 5) is 24.1. The Bertz CT molecular complexity index is 714. The summed E-state index contributed by atoms with van der Waals surface area (Å²) < 4.78 is 24.2. The van der Waals surface area contributed by atoms with Crippen molar-refractivity contribution in [3.05, 3.63) is 35.4 Å². The van der Waals surface area contributed by atoms with E-state index in [0.717, 1.165) is 17.5 Å². The Hall–Kier alpha value is -1.89. The van der Waals surface area contributed by atoms with E-state index in [1.54, 1.807) is 6.92 Å². The van der Waals surface area contributed by atoms with Crippen LogP contribution in [0.3, 0.4) is 0 Å². The topological polar surface area (TPSA) is 101 Å². The van der Waals surface area contributed by atoms with E-state index in [9.17, 15) is 23.1 Å². The minimum absolute atomic E-state index is 0.0528. The average Bonchev–Trinajstić information content (AvgIpc) is 2.59. The number of hydrogen-bond donors (Lipinski definition) is 2. The number of nitrogens with one attached hydrogen (secondary N) is 1. The van der Waals surface area contributed by atoms with E-state index in [4.69, 9.17) is 0 Å². The third kappa shape index (κ3) is 7.15. The number of carbonyl (C=O) groups is 2. The summed E-state index contributed by atoms with van der Waals surface area (Å²) in [6.07, 6.45) is 2.08. The van der Waals surface area contributed by atoms with Crippen LogP contribution in [0.5, 0.6) is 0 Å². The number of sulfone groups is 1. The van der Waals surface area contributed by atoms with Gasteiger partial charge in [0, 0.05) is 5.75 Å². The molecule has 1 amide bonds. The molecule has 1 rings (SSSR count). The van der Waals surface area contributed by atoms with Gasteiger partial charge in [-0.2, -0.15) is 0 Å². The summed E-state index contributed by atoms with van der Waals surface area (Å²) in [5.41, 5.74) is 1.86. The number of hydrogen-bond acceptors (Lipinski definition) is 4. The fraction of sp³-hybridized carbons (Fsp3) is 0.579. The van der Waals surface area contributed by atoms with Gasteiger partial charge < -0.3 is 10.4 Å². The molecule has 146 valence electrons. The zero-order chi connectivity index (χ0) is 19.7. The summed E-state index contributed by atoms with van der Waals surface area (Å²) in [5.74, 6) is -2.77. The van der Waals surface area contributed by atoms with Crippen LogP contribution in [-0.4, -0.2) is 42.9 Å². The van der Waals surface area contributed by atoms with Crippen molar-refractivity contribution in [1.82, 2.24) is 5.32 Å². The average molecular weight is 384 g/mol. The molecule has 0 aliphatic heterocycles. The van der Waals surface area contributed by atoms with Crippen molar-refractivity contribution in [3.63, 3.8) is 0 Å². The van der Waals surface area contributed by atoms with Crippen molar-refractivity contribution in [2.24, 2.45) is 5.92 Å². The van der Waals surface area contributed by atoms with E-state index in [2.05, 4.69) is 5.32 Å². The number of benzene rings is 1. The van der Waals surface area contributed by atoms with E-state index in [0.29, 0.717) is 12.8 Å². The lowest BCUT2D eigenvalue weighted by molar-refractivity contribution is -0.142. The third-order valence-electron chi connectivity index (χ3n) is 4.45. The molecule has 0 bridgehead atoms.